The average molecular weight is 196 g/mol. The van der Waals surface area contributed by atoms with Crippen molar-refractivity contribution < 1.29 is 0 Å². The Balaban J connectivity index is 1.98. The van der Waals surface area contributed by atoms with Crippen molar-refractivity contribution in [2.45, 2.75) is 51.6 Å². The summed E-state index contributed by atoms with van der Waals surface area (Å²) in [6.07, 6.45) is 5.87. The number of nitrogens with one attached hydrogen (secondary N) is 1. The van der Waals surface area contributed by atoms with Gasteiger partial charge >= 0.3 is 0 Å². The third-order valence-electron chi connectivity index (χ3n) is 3.93. The number of hydrogen-bond acceptors (Lipinski definition) is 2. The van der Waals surface area contributed by atoms with Gasteiger partial charge in [-0.1, -0.05) is 12.8 Å². The van der Waals surface area contributed by atoms with Crippen molar-refractivity contribution in [3.63, 3.8) is 0 Å². The lowest BCUT2D eigenvalue weighted by atomic mass is 9.94. The van der Waals surface area contributed by atoms with Crippen LogP contribution in [0, 0.1) is 5.92 Å². The molecule has 1 aliphatic carbocycles. The first-order valence-corrected chi connectivity index (χ1v) is 6.25. The molecule has 1 saturated heterocycles. The first-order valence-electron chi connectivity index (χ1n) is 6.25. The van der Waals surface area contributed by atoms with Crippen LogP contribution < -0.4 is 5.32 Å². The molecule has 2 nitrogen and oxygen atoms in total. The van der Waals surface area contributed by atoms with E-state index in [0.717, 1.165) is 18.0 Å². The summed E-state index contributed by atoms with van der Waals surface area (Å²) in [6, 6.07) is 1.55. The van der Waals surface area contributed by atoms with E-state index >= 15 is 0 Å². The zero-order valence-corrected chi connectivity index (χ0v) is 9.63. The average Bonchev–Trinajstić information content (AvgIpc) is 2.70. The molecule has 1 saturated carbocycles. The minimum absolute atomic E-state index is 0.725. The highest BCUT2D eigenvalue weighted by atomic mass is 15.2. The standard InChI is InChI=1S/C12H24N2/c1-10(2)14-8-7-13-9-12(14)11-5-3-4-6-11/h10-13H,3-9H2,1-2H3. The molecule has 1 N–H and O–H groups in total. The second-order valence-corrected chi connectivity index (χ2v) is 5.15. The lowest BCUT2D eigenvalue weighted by Crippen LogP contribution is -2.56. The molecular formula is C12H24N2. The molecule has 82 valence electrons. The molecule has 0 aromatic carbocycles. The Kier molecular flexibility index (Phi) is 3.45. The van der Waals surface area contributed by atoms with Crippen molar-refractivity contribution in [3.8, 4) is 0 Å². The van der Waals surface area contributed by atoms with E-state index < -0.39 is 0 Å². The fraction of sp³-hybridized carbons (Fsp3) is 1.00. The van der Waals surface area contributed by atoms with Gasteiger partial charge in [-0.25, -0.2) is 0 Å². The fourth-order valence-corrected chi connectivity index (χ4v) is 3.16. The van der Waals surface area contributed by atoms with E-state index in [4.69, 9.17) is 0 Å². The topological polar surface area (TPSA) is 15.3 Å². The molecule has 1 unspecified atom stereocenters. The maximum atomic E-state index is 3.55. The van der Waals surface area contributed by atoms with Gasteiger partial charge < -0.3 is 5.32 Å². The van der Waals surface area contributed by atoms with Crippen LogP contribution in [-0.4, -0.2) is 36.6 Å². The first-order chi connectivity index (χ1) is 6.79. The third kappa shape index (κ3) is 2.12. The summed E-state index contributed by atoms with van der Waals surface area (Å²) in [7, 11) is 0. The molecule has 1 atom stereocenters. The van der Waals surface area contributed by atoms with E-state index in [2.05, 4.69) is 24.1 Å². The van der Waals surface area contributed by atoms with Crippen molar-refractivity contribution in [3.05, 3.63) is 0 Å². The zero-order valence-electron chi connectivity index (χ0n) is 9.63. The summed E-state index contributed by atoms with van der Waals surface area (Å²) >= 11 is 0. The van der Waals surface area contributed by atoms with Crippen molar-refractivity contribution in [2.24, 2.45) is 5.92 Å². The van der Waals surface area contributed by atoms with Crippen LogP contribution >= 0.6 is 0 Å². The van der Waals surface area contributed by atoms with Gasteiger partial charge in [0, 0.05) is 31.7 Å². The largest absolute Gasteiger partial charge is 0.314 e. The highest BCUT2D eigenvalue weighted by Gasteiger charge is 2.32. The predicted molar refractivity (Wildman–Crippen MR) is 60.5 cm³/mol. The van der Waals surface area contributed by atoms with E-state index in [-0.39, 0.29) is 0 Å². The lowest BCUT2D eigenvalue weighted by Gasteiger charge is -2.42. The van der Waals surface area contributed by atoms with Crippen LogP contribution in [0.2, 0.25) is 0 Å². The van der Waals surface area contributed by atoms with Gasteiger partial charge in [-0.05, 0) is 32.6 Å². The van der Waals surface area contributed by atoms with E-state index in [1.807, 2.05) is 0 Å². The fourth-order valence-electron chi connectivity index (χ4n) is 3.16. The molecular weight excluding hydrogens is 172 g/mol. The Labute approximate surface area is 88.1 Å². The molecule has 0 amide bonds. The maximum Gasteiger partial charge on any atom is 0.0252 e. The molecule has 1 heterocycles. The minimum Gasteiger partial charge on any atom is -0.314 e. The second kappa shape index (κ2) is 4.63. The second-order valence-electron chi connectivity index (χ2n) is 5.15. The SMILES string of the molecule is CC(C)N1CCNCC1C1CCCC1. The summed E-state index contributed by atoms with van der Waals surface area (Å²) in [5.41, 5.74) is 0. The third-order valence-corrected chi connectivity index (χ3v) is 3.93. The van der Waals surface area contributed by atoms with Gasteiger partial charge in [0.1, 0.15) is 0 Å². The van der Waals surface area contributed by atoms with Gasteiger partial charge in [-0.15, -0.1) is 0 Å². The highest BCUT2D eigenvalue weighted by molar-refractivity contribution is 4.89. The molecule has 0 aromatic rings. The molecule has 2 rings (SSSR count). The Morgan fingerprint density at radius 1 is 1.21 bits per heavy atom. The van der Waals surface area contributed by atoms with E-state index in [0.29, 0.717) is 0 Å². The summed E-state index contributed by atoms with van der Waals surface area (Å²) in [4.78, 5) is 2.71. The molecule has 2 aliphatic rings. The Morgan fingerprint density at radius 2 is 1.93 bits per heavy atom. The van der Waals surface area contributed by atoms with E-state index in [1.54, 1.807) is 0 Å². The van der Waals surface area contributed by atoms with Gasteiger partial charge in [-0.2, -0.15) is 0 Å². The van der Waals surface area contributed by atoms with Crippen LogP contribution in [0.25, 0.3) is 0 Å². The van der Waals surface area contributed by atoms with Crippen molar-refractivity contribution >= 4 is 0 Å². The van der Waals surface area contributed by atoms with Crippen LogP contribution in [0.3, 0.4) is 0 Å². The first kappa shape index (κ1) is 10.4. The lowest BCUT2D eigenvalue weighted by molar-refractivity contribution is 0.0829. The van der Waals surface area contributed by atoms with Crippen LogP contribution in [0.15, 0.2) is 0 Å². The van der Waals surface area contributed by atoms with Gasteiger partial charge in [0.15, 0.2) is 0 Å². The number of piperazine rings is 1. The van der Waals surface area contributed by atoms with Gasteiger partial charge in [0.25, 0.3) is 0 Å². The Bertz CT molecular complexity index is 173. The van der Waals surface area contributed by atoms with Crippen molar-refractivity contribution in [2.75, 3.05) is 19.6 Å². The van der Waals surface area contributed by atoms with Gasteiger partial charge in [0.2, 0.25) is 0 Å². The monoisotopic (exact) mass is 196 g/mol. The Morgan fingerprint density at radius 3 is 2.57 bits per heavy atom. The van der Waals surface area contributed by atoms with Crippen molar-refractivity contribution in [1.29, 1.82) is 0 Å². The number of nitrogens with zero attached hydrogens (tertiary/aromatic N) is 1. The highest BCUT2D eigenvalue weighted by Crippen LogP contribution is 2.31. The molecule has 0 radical (unpaired) electrons. The summed E-state index contributed by atoms with van der Waals surface area (Å²) in [5, 5.41) is 3.55. The summed E-state index contributed by atoms with van der Waals surface area (Å²) in [5.74, 6) is 0.977. The Hall–Kier alpha value is -0.0800. The normalized spacial score (nSPS) is 31.5. The number of hydrogen-bond donors (Lipinski definition) is 1. The molecule has 0 aromatic heterocycles. The van der Waals surface area contributed by atoms with Crippen LogP contribution in [0.4, 0.5) is 0 Å². The molecule has 2 fully saturated rings. The van der Waals surface area contributed by atoms with E-state index in [1.165, 1.54) is 45.3 Å². The molecule has 0 bridgehead atoms. The number of rotatable bonds is 2. The van der Waals surface area contributed by atoms with Crippen molar-refractivity contribution in [1.82, 2.24) is 10.2 Å². The minimum atomic E-state index is 0.725. The predicted octanol–water partition coefficient (Wildman–Crippen LogP) is 1.86. The molecule has 0 spiro atoms. The van der Waals surface area contributed by atoms with Gasteiger partial charge in [-0.3, -0.25) is 4.90 Å². The van der Waals surface area contributed by atoms with E-state index in [9.17, 15) is 0 Å². The van der Waals surface area contributed by atoms with Crippen LogP contribution in [0.5, 0.6) is 0 Å². The van der Waals surface area contributed by atoms with Gasteiger partial charge in [0.05, 0.1) is 0 Å². The van der Waals surface area contributed by atoms with Crippen LogP contribution in [-0.2, 0) is 0 Å². The smallest absolute Gasteiger partial charge is 0.0252 e. The summed E-state index contributed by atoms with van der Waals surface area (Å²) in [6.45, 7) is 8.34. The quantitative estimate of drug-likeness (QED) is 0.725. The maximum absolute atomic E-state index is 3.55. The van der Waals surface area contributed by atoms with Crippen LogP contribution in [0.1, 0.15) is 39.5 Å². The zero-order chi connectivity index (χ0) is 9.97. The summed E-state index contributed by atoms with van der Waals surface area (Å²) < 4.78 is 0. The molecule has 1 aliphatic heterocycles. The molecule has 14 heavy (non-hydrogen) atoms. The molecule has 2 heteroatoms.